The van der Waals surface area contributed by atoms with E-state index >= 15 is 0 Å². The van der Waals surface area contributed by atoms with Gasteiger partial charge in [-0.25, -0.2) is 4.98 Å². The van der Waals surface area contributed by atoms with Crippen LogP contribution in [0.2, 0.25) is 0 Å². The van der Waals surface area contributed by atoms with E-state index in [-0.39, 0.29) is 6.61 Å². The molecule has 0 amide bonds. The lowest BCUT2D eigenvalue weighted by molar-refractivity contribution is 0.276. The molecule has 5 heteroatoms. The number of fused-ring (bicyclic) bond motifs is 1. The number of hydrogen-bond acceptors (Lipinski definition) is 4. The van der Waals surface area contributed by atoms with Crippen LogP contribution in [0, 0.1) is 5.92 Å². The molecule has 1 atom stereocenters. The minimum atomic E-state index is 0.0537. The molecule has 1 N–H and O–H groups in total. The van der Waals surface area contributed by atoms with Crippen LogP contribution in [0.5, 0.6) is 0 Å². The molecule has 1 saturated heterocycles. The Bertz CT molecular complexity index is 504. The topological polar surface area (TPSA) is 40.8 Å². The van der Waals surface area contributed by atoms with E-state index < -0.39 is 0 Å². The monoisotopic (exact) mass is 237 g/mol. The summed E-state index contributed by atoms with van der Waals surface area (Å²) in [6.07, 6.45) is 3.19. The minimum absolute atomic E-state index is 0.0537. The Kier molecular flexibility index (Phi) is 2.37. The van der Waals surface area contributed by atoms with E-state index in [1.165, 1.54) is 6.42 Å². The summed E-state index contributed by atoms with van der Waals surface area (Å²) in [4.78, 5) is 7.87. The van der Waals surface area contributed by atoms with Crippen molar-refractivity contribution in [2.24, 2.45) is 5.92 Å². The van der Waals surface area contributed by atoms with Gasteiger partial charge in [0.2, 0.25) is 0 Å². The summed E-state index contributed by atoms with van der Waals surface area (Å²) >= 11 is 1.61. The smallest absolute Gasteiger partial charge is 0.195 e. The molecule has 0 aromatic carbocycles. The molecule has 3 heterocycles. The largest absolute Gasteiger partial charge is 0.390 e. The van der Waals surface area contributed by atoms with Gasteiger partial charge in [0.05, 0.1) is 12.3 Å². The highest BCUT2D eigenvalue weighted by Crippen LogP contribution is 2.28. The second-order valence-corrected chi connectivity index (χ2v) is 5.31. The van der Waals surface area contributed by atoms with Crippen molar-refractivity contribution in [2.75, 3.05) is 18.0 Å². The lowest BCUT2D eigenvalue weighted by Crippen LogP contribution is -2.21. The number of aliphatic hydroxyl groups excluding tert-OH is 1. The van der Waals surface area contributed by atoms with Crippen molar-refractivity contribution < 1.29 is 5.11 Å². The van der Waals surface area contributed by atoms with Gasteiger partial charge in [-0.1, -0.05) is 6.92 Å². The first kappa shape index (κ1) is 10.1. The Hall–Kier alpha value is -1.07. The van der Waals surface area contributed by atoms with Gasteiger partial charge in [-0.2, -0.15) is 0 Å². The van der Waals surface area contributed by atoms with Gasteiger partial charge in [-0.05, 0) is 12.3 Å². The number of anilines is 1. The molecule has 1 aliphatic heterocycles. The lowest BCUT2D eigenvalue weighted by atomic mass is 10.2. The molecule has 2 aromatic rings. The van der Waals surface area contributed by atoms with Gasteiger partial charge < -0.3 is 10.0 Å². The van der Waals surface area contributed by atoms with Crippen LogP contribution < -0.4 is 4.90 Å². The zero-order valence-electron chi connectivity index (χ0n) is 9.26. The second kappa shape index (κ2) is 3.75. The molecule has 4 nitrogen and oxygen atoms in total. The SMILES string of the molecule is CC1CCN(c2nc3sccn3c2CO)C1. The molecule has 0 spiro atoms. The molecule has 2 aromatic heterocycles. The van der Waals surface area contributed by atoms with Crippen molar-refractivity contribution in [3.05, 3.63) is 17.3 Å². The van der Waals surface area contributed by atoms with Gasteiger partial charge in [0.1, 0.15) is 0 Å². The molecular weight excluding hydrogens is 222 g/mol. The maximum Gasteiger partial charge on any atom is 0.195 e. The van der Waals surface area contributed by atoms with Gasteiger partial charge >= 0.3 is 0 Å². The number of nitrogens with zero attached hydrogens (tertiary/aromatic N) is 3. The van der Waals surface area contributed by atoms with Crippen molar-refractivity contribution in [2.45, 2.75) is 20.0 Å². The molecule has 1 aliphatic rings. The summed E-state index contributed by atoms with van der Waals surface area (Å²) in [5.74, 6) is 1.70. The fraction of sp³-hybridized carbons (Fsp3) is 0.545. The maximum absolute atomic E-state index is 9.47. The Labute approximate surface area is 98.1 Å². The number of aliphatic hydroxyl groups is 1. The third-order valence-corrected chi connectivity index (χ3v) is 3.97. The highest BCUT2D eigenvalue weighted by molar-refractivity contribution is 7.15. The number of thiazole rings is 1. The highest BCUT2D eigenvalue weighted by atomic mass is 32.1. The van der Waals surface area contributed by atoms with E-state index in [1.807, 2.05) is 16.0 Å². The van der Waals surface area contributed by atoms with Gasteiger partial charge in [-0.3, -0.25) is 4.40 Å². The van der Waals surface area contributed by atoms with Crippen LogP contribution in [-0.4, -0.2) is 27.6 Å². The lowest BCUT2D eigenvalue weighted by Gasteiger charge is -2.16. The Balaban J connectivity index is 2.05. The van der Waals surface area contributed by atoms with Crippen LogP contribution in [0.25, 0.3) is 4.96 Å². The third kappa shape index (κ3) is 1.43. The first-order chi connectivity index (χ1) is 7.79. The fourth-order valence-corrected chi connectivity index (χ4v) is 3.08. The van der Waals surface area contributed by atoms with E-state index in [2.05, 4.69) is 16.8 Å². The van der Waals surface area contributed by atoms with E-state index in [1.54, 1.807) is 11.3 Å². The molecule has 1 fully saturated rings. The van der Waals surface area contributed by atoms with E-state index in [9.17, 15) is 5.11 Å². The molecule has 86 valence electrons. The molecule has 1 unspecified atom stereocenters. The van der Waals surface area contributed by atoms with Gasteiger partial charge in [0.15, 0.2) is 10.8 Å². The van der Waals surface area contributed by atoms with E-state index in [0.717, 1.165) is 35.5 Å². The number of hydrogen-bond donors (Lipinski definition) is 1. The predicted octanol–water partition coefficient (Wildman–Crippen LogP) is 1.73. The van der Waals surface area contributed by atoms with Crippen LogP contribution in [0.15, 0.2) is 11.6 Å². The molecule has 16 heavy (non-hydrogen) atoms. The van der Waals surface area contributed by atoms with E-state index in [0.29, 0.717) is 0 Å². The first-order valence-corrected chi connectivity index (χ1v) is 6.48. The van der Waals surface area contributed by atoms with Crippen molar-refractivity contribution in [3.63, 3.8) is 0 Å². The number of rotatable bonds is 2. The zero-order chi connectivity index (χ0) is 11.1. The number of imidazole rings is 1. The zero-order valence-corrected chi connectivity index (χ0v) is 10.1. The quantitative estimate of drug-likeness (QED) is 0.865. The molecule has 0 radical (unpaired) electrons. The molecular formula is C11H15N3OS. The molecule has 0 bridgehead atoms. The first-order valence-electron chi connectivity index (χ1n) is 5.60. The van der Waals surface area contributed by atoms with E-state index in [4.69, 9.17) is 0 Å². The van der Waals surface area contributed by atoms with Crippen molar-refractivity contribution >= 4 is 22.1 Å². The van der Waals surface area contributed by atoms with Crippen LogP contribution in [0.3, 0.4) is 0 Å². The Morgan fingerprint density at radius 2 is 2.50 bits per heavy atom. The van der Waals surface area contributed by atoms with Crippen LogP contribution in [-0.2, 0) is 6.61 Å². The fourth-order valence-electron chi connectivity index (χ4n) is 2.35. The second-order valence-electron chi connectivity index (χ2n) is 4.44. The van der Waals surface area contributed by atoms with Crippen molar-refractivity contribution in [1.29, 1.82) is 0 Å². The average molecular weight is 237 g/mol. The molecule has 0 saturated carbocycles. The normalized spacial score (nSPS) is 21.1. The Morgan fingerprint density at radius 1 is 1.62 bits per heavy atom. The van der Waals surface area contributed by atoms with Gasteiger partial charge in [0, 0.05) is 24.7 Å². The Morgan fingerprint density at radius 3 is 3.19 bits per heavy atom. The molecule has 0 aliphatic carbocycles. The summed E-state index contributed by atoms with van der Waals surface area (Å²) in [7, 11) is 0. The highest BCUT2D eigenvalue weighted by Gasteiger charge is 2.24. The van der Waals surface area contributed by atoms with Crippen molar-refractivity contribution in [3.8, 4) is 0 Å². The average Bonchev–Trinajstić information content (AvgIpc) is 2.90. The third-order valence-electron chi connectivity index (χ3n) is 3.21. The molecule has 3 rings (SSSR count). The van der Waals surface area contributed by atoms with Crippen LogP contribution >= 0.6 is 11.3 Å². The van der Waals surface area contributed by atoms with Gasteiger partial charge in [0.25, 0.3) is 0 Å². The van der Waals surface area contributed by atoms with Gasteiger partial charge in [-0.15, -0.1) is 11.3 Å². The van der Waals surface area contributed by atoms with Crippen molar-refractivity contribution in [1.82, 2.24) is 9.38 Å². The number of aromatic nitrogens is 2. The summed E-state index contributed by atoms with van der Waals surface area (Å²) < 4.78 is 1.99. The maximum atomic E-state index is 9.47. The summed E-state index contributed by atoms with van der Waals surface area (Å²) in [5, 5.41) is 11.5. The standard InChI is InChI=1S/C11H15N3OS/c1-8-2-3-13(6-8)10-9(7-15)14-4-5-16-11(14)12-10/h4-5,8,15H,2-3,6-7H2,1H3. The van der Waals surface area contributed by atoms with Crippen LogP contribution in [0.4, 0.5) is 5.82 Å². The summed E-state index contributed by atoms with van der Waals surface area (Å²) in [6.45, 7) is 4.42. The minimum Gasteiger partial charge on any atom is -0.390 e. The summed E-state index contributed by atoms with van der Waals surface area (Å²) in [6, 6.07) is 0. The predicted molar refractivity (Wildman–Crippen MR) is 65.0 cm³/mol. The summed E-state index contributed by atoms with van der Waals surface area (Å²) in [5.41, 5.74) is 0.922. The van der Waals surface area contributed by atoms with Crippen LogP contribution in [0.1, 0.15) is 19.0 Å².